The standard InChI is InChI=1S/2C10H8F5N.C2H2O4/c2*11-5-1-6(12)10(15)7(9(5)14)8(13)4-2-16-3-4;3-1(4)2(5)6/h2*1,4,8,16H,2-3H2;(H,3,4)(H,5,6). The quantitative estimate of drug-likeness (QED) is 0.254. The Kier molecular flexibility index (Phi) is 10.5. The van der Waals surface area contributed by atoms with Gasteiger partial charge in [-0.3, -0.25) is 0 Å². The number of carboxylic acid groups (broad SMARTS) is 2. The van der Waals surface area contributed by atoms with Crippen molar-refractivity contribution in [1.29, 1.82) is 0 Å². The topological polar surface area (TPSA) is 98.7 Å². The van der Waals surface area contributed by atoms with Crippen LogP contribution in [-0.4, -0.2) is 48.3 Å². The lowest BCUT2D eigenvalue weighted by Gasteiger charge is -2.30. The zero-order valence-corrected chi connectivity index (χ0v) is 18.8. The Hall–Kier alpha value is -3.40. The summed E-state index contributed by atoms with van der Waals surface area (Å²) in [4.78, 5) is 18.2. The highest BCUT2D eigenvalue weighted by molar-refractivity contribution is 6.27. The Labute approximate surface area is 207 Å². The van der Waals surface area contributed by atoms with E-state index in [2.05, 4.69) is 10.6 Å². The van der Waals surface area contributed by atoms with Crippen LogP contribution >= 0.6 is 0 Å². The molecule has 210 valence electrons. The van der Waals surface area contributed by atoms with Crippen LogP contribution in [0.5, 0.6) is 0 Å². The van der Waals surface area contributed by atoms with Crippen molar-refractivity contribution in [3.63, 3.8) is 0 Å². The molecule has 4 rings (SSSR count). The third kappa shape index (κ3) is 6.92. The van der Waals surface area contributed by atoms with Crippen LogP contribution in [0.1, 0.15) is 23.5 Å². The minimum absolute atomic E-state index is 0.0694. The Bertz CT molecular complexity index is 1050. The number of hydrogen-bond donors (Lipinski definition) is 4. The van der Waals surface area contributed by atoms with Gasteiger partial charge in [0.2, 0.25) is 0 Å². The van der Waals surface area contributed by atoms with Crippen molar-refractivity contribution in [1.82, 2.24) is 10.6 Å². The van der Waals surface area contributed by atoms with Crippen LogP contribution in [-0.2, 0) is 9.59 Å². The molecule has 2 aromatic rings. The van der Waals surface area contributed by atoms with Gasteiger partial charge in [0.05, 0.1) is 11.1 Å². The second-order valence-electron chi connectivity index (χ2n) is 8.01. The van der Waals surface area contributed by atoms with Gasteiger partial charge < -0.3 is 20.8 Å². The highest BCUT2D eigenvalue weighted by atomic mass is 19.2. The first kappa shape index (κ1) is 30.8. The highest BCUT2D eigenvalue weighted by Crippen LogP contribution is 2.35. The van der Waals surface area contributed by atoms with Gasteiger partial charge in [-0.05, 0) is 0 Å². The summed E-state index contributed by atoms with van der Waals surface area (Å²) in [6.45, 7) is 0.937. The molecule has 2 aliphatic rings. The number of carboxylic acids is 2. The highest BCUT2D eigenvalue weighted by Gasteiger charge is 2.36. The molecular formula is C22H18F10N2O4. The first-order valence-corrected chi connectivity index (χ1v) is 10.5. The van der Waals surface area contributed by atoms with Gasteiger partial charge in [0.1, 0.15) is 12.3 Å². The van der Waals surface area contributed by atoms with E-state index in [9.17, 15) is 43.9 Å². The zero-order chi connectivity index (χ0) is 28.9. The Morgan fingerprint density at radius 2 is 0.842 bits per heavy atom. The number of halogens is 10. The number of aliphatic carboxylic acids is 2. The van der Waals surface area contributed by atoms with Crippen molar-refractivity contribution in [2.45, 2.75) is 12.3 Å². The number of rotatable bonds is 4. The summed E-state index contributed by atoms with van der Waals surface area (Å²) in [5.41, 5.74) is -2.30. The molecule has 2 aromatic carbocycles. The van der Waals surface area contributed by atoms with Crippen molar-refractivity contribution >= 4 is 11.9 Å². The van der Waals surface area contributed by atoms with Crippen molar-refractivity contribution in [3.05, 3.63) is 69.8 Å². The molecule has 16 heteroatoms. The Balaban J connectivity index is 0.000000221. The van der Waals surface area contributed by atoms with E-state index in [-0.39, 0.29) is 38.3 Å². The number of alkyl halides is 2. The lowest BCUT2D eigenvalue weighted by molar-refractivity contribution is -0.159. The largest absolute Gasteiger partial charge is 0.473 e. The molecule has 2 fully saturated rings. The van der Waals surface area contributed by atoms with E-state index in [0.29, 0.717) is 0 Å². The fraction of sp³-hybridized carbons (Fsp3) is 0.364. The average molecular weight is 564 g/mol. The molecule has 0 radical (unpaired) electrons. The molecule has 38 heavy (non-hydrogen) atoms. The molecule has 0 bridgehead atoms. The summed E-state index contributed by atoms with van der Waals surface area (Å²) in [6.07, 6.45) is -4.07. The molecule has 0 saturated carbocycles. The fourth-order valence-corrected chi connectivity index (χ4v) is 3.17. The zero-order valence-electron chi connectivity index (χ0n) is 18.8. The second-order valence-corrected chi connectivity index (χ2v) is 8.01. The SMILES string of the molecule is Fc1cc(F)c(F)c(C(F)C2CNC2)c1F.Fc1cc(F)c(F)c(C(F)C2CNC2)c1F.O=C(O)C(=O)O. The summed E-state index contributed by atoms with van der Waals surface area (Å²) < 4.78 is 131. The summed E-state index contributed by atoms with van der Waals surface area (Å²) in [5.74, 6) is -17.9. The van der Waals surface area contributed by atoms with Crippen molar-refractivity contribution in [3.8, 4) is 0 Å². The van der Waals surface area contributed by atoms with E-state index < -0.39 is 93.8 Å². The van der Waals surface area contributed by atoms with E-state index in [0.717, 1.165) is 0 Å². The number of benzene rings is 2. The minimum atomic E-state index is -2.04. The van der Waals surface area contributed by atoms with Gasteiger partial charge >= 0.3 is 11.9 Å². The van der Waals surface area contributed by atoms with Gasteiger partial charge in [0.15, 0.2) is 46.5 Å². The molecule has 0 amide bonds. The first-order chi connectivity index (χ1) is 17.7. The van der Waals surface area contributed by atoms with Crippen LogP contribution in [0.3, 0.4) is 0 Å². The molecule has 2 unspecified atom stereocenters. The van der Waals surface area contributed by atoms with Crippen molar-refractivity contribution in [2.24, 2.45) is 11.8 Å². The maximum absolute atomic E-state index is 13.6. The number of carbonyl (C=O) groups is 2. The molecule has 0 aromatic heterocycles. The van der Waals surface area contributed by atoms with Gasteiger partial charge in [-0.2, -0.15) is 0 Å². The van der Waals surface area contributed by atoms with Crippen LogP contribution in [0.25, 0.3) is 0 Å². The molecule has 2 heterocycles. The lowest BCUT2D eigenvalue weighted by Crippen LogP contribution is -2.44. The van der Waals surface area contributed by atoms with Gasteiger partial charge in [0, 0.05) is 50.1 Å². The van der Waals surface area contributed by atoms with Crippen LogP contribution in [0.2, 0.25) is 0 Å². The van der Waals surface area contributed by atoms with E-state index >= 15 is 0 Å². The third-order valence-electron chi connectivity index (χ3n) is 5.48. The monoisotopic (exact) mass is 564 g/mol. The predicted octanol–water partition coefficient (Wildman–Crippen LogP) is 4.10. The van der Waals surface area contributed by atoms with E-state index in [4.69, 9.17) is 19.8 Å². The second kappa shape index (κ2) is 12.9. The van der Waals surface area contributed by atoms with Gasteiger partial charge in [-0.1, -0.05) is 0 Å². The summed E-state index contributed by atoms with van der Waals surface area (Å²) >= 11 is 0. The van der Waals surface area contributed by atoms with Crippen LogP contribution in [0.4, 0.5) is 43.9 Å². The molecule has 0 aliphatic carbocycles. The average Bonchev–Trinajstić information content (AvgIpc) is 2.75. The normalized spacial score (nSPS) is 16.6. The van der Waals surface area contributed by atoms with E-state index in [1.54, 1.807) is 0 Å². The van der Waals surface area contributed by atoms with Crippen LogP contribution in [0.15, 0.2) is 12.1 Å². The number of hydrogen-bond acceptors (Lipinski definition) is 4. The van der Waals surface area contributed by atoms with E-state index in [1.807, 2.05) is 0 Å². The summed E-state index contributed by atoms with van der Waals surface area (Å²) in [6, 6.07) is 0.139. The minimum Gasteiger partial charge on any atom is -0.473 e. The van der Waals surface area contributed by atoms with Gasteiger partial charge in [-0.25, -0.2) is 53.5 Å². The maximum atomic E-state index is 13.6. The van der Waals surface area contributed by atoms with Gasteiger partial charge in [0.25, 0.3) is 0 Å². The molecule has 2 atom stereocenters. The molecule has 4 N–H and O–H groups in total. The third-order valence-corrected chi connectivity index (χ3v) is 5.48. The first-order valence-electron chi connectivity index (χ1n) is 10.5. The maximum Gasteiger partial charge on any atom is 0.414 e. The molecule has 2 saturated heterocycles. The molecule has 2 aliphatic heterocycles. The van der Waals surface area contributed by atoms with Crippen LogP contribution < -0.4 is 10.6 Å². The van der Waals surface area contributed by atoms with Crippen molar-refractivity contribution < 1.29 is 63.7 Å². The smallest absolute Gasteiger partial charge is 0.414 e. The van der Waals surface area contributed by atoms with E-state index in [1.165, 1.54) is 0 Å². The molecule has 6 nitrogen and oxygen atoms in total. The Morgan fingerprint density at radius 1 is 0.605 bits per heavy atom. The predicted molar refractivity (Wildman–Crippen MR) is 108 cm³/mol. The van der Waals surface area contributed by atoms with Crippen LogP contribution in [0, 0.1) is 58.4 Å². The number of nitrogens with one attached hydrogen (secondary N) is 2. The molecule has 0 spiro atoms. The lowest BCUT2D eigenvalue weighted by atomic mass is 9.91. The fourth-order valence-electron chi connectivity index (χ4n) is 3.17. The summed E-state index contributed by atoms with van der Waals surface area (Å²) in [5, 5.41) is 20.2. The summed E-state index contributed by atoms with van der Waals surface area (Å²) in [7, 11) is 0. The van der Waals surface area contributed by atoms with Crippen molar-refractivity contribution in [2.75, 3.05) is 26.2 Å². The molecular weight excluding hydrogens is 546 g/mol. The Morgan fingerprint density at radius 3 is 1.00 bits per heavy atom. The van der Waals surface area contributed by atoms with Gasteiger partial charge in [-0.15, -0.1) is 0 Å².